The van der Waals surface area contributed by atoms with Gasteiger partial charge >= 0.3 is 0 Å². The van der Waals surface area contributed by atoms with Gasteiger partial charge in [-0.05, 0) is 43.5 Å². The molecule has 2 saturated heterocycles. The molecule has 2 atom stereocenters. The number of carbonyl (C=O) groups is 2. The molecule has 0 aromatic heterocycles. The summed E-state index contributed by atoms with van der Waals surface area (Å²) in [5.41, 5.74) is 2.68. The Morgan fingerprint density at radius 3 is 2.67 bits per heavy atom. The number of nitrogens with one attached hydrogen (secondary N) is 1. The minimum Gasteiger partial charge on any atom is -0.379 e. The Balaban J connectivity index is 1.47. The lowest BCUT2D eigenvalue weighted by atomic mass is 10.0. The molecule has 0 radical (unpaired) electrons. The van der Waals surface area contributed by atoms with Crippen molar-refractivity contribution in [1.29, 1.82) is 0 Å². The molecule has 1 N–H and O–H groups in total. The van der Waals surface area contributed by atoms with Crippen LogP contribution in [0.25, 0.3) is 0 Å². The molecule has 2 unspecified atom stereocenters. The van der Waals surface area contributed by atoms with Crippen LogP contribution in [-0.2, 0) is 9.53 Å². The number of amides is 2. The van der Waals surface area contributed by atoms with E-state index in [9.17, 15) is 9.59 Å². The third-order valence-electron chi connectivity index (χ3n) is 6.36. The first-order valence-electron chi connectivity index (χ1n) is 11.4. The summed E-state index contributed by atoms with van der Waals surface area (Å²) in [6.45, 7) is 6.05. The lowest BCUT2D eigenvalue weighted by Crippen LogP contribution is -2.49. The lowest BCUT2D eigenvalue weighted by molar-refractivity contribution is -0.125. The van der Waals surface area contributed by atoms with Gasteiger partial charge in [0.2, 0.25) is 5.91 Å². The van der Waals surface area contributed by atoms with Gasteiger partial charge in [0, 0.05) is 31.2 Å². The highest BCUT2D eigenvalue weighted by Crippen LogP contribution is 2.27. The Kier molecular flexibility index (Phi) is 7.91. The maximum atomic E-state index is 13.2. The van der Waals surface area contributed by atoms with Gasteiger partial charge in [0.1, 0.15) is 6.04 Å². The highest BCUT2D eigenvalue weighted by Gasteiger charge is 2.36. The number of nitrogens with zero attached hydrogens (tertiary/aromatic N) is 2. The van der Waals surface area contributed by atoms with E-state index in [0.717, 1.165) is 19.5 Å². The third-order valence-corrected chi connectivity index (χ3v) is 6.92. The van der Waals surface area contributed by atoms with Crippen molar-refractivity contribution in [2.75, 3.05) is 39.4 Å². The SMILES string of the molecule is Cc1cccc(C(CNC(=O)C2CCCN2C(=O)c2cc(Cl)ccc2Cl)N2CCOCC2)c1. The van der Waals surface area contributed by atoms with Gasteiger partial charge in [0.15, 0.2) is 0 Å². The minimum absolute atomic E-state index is 0.0469. The predicted molar refractivity (Wildman–Crippen MR) is 130 cm³/mol. The topological polar surface area (TPSA) is 61.9 Å². The average molecular weight is 490 g/mol. The minimum atomic E-state index is -0.518. The summed E-state index contributed by atoms with van der Waals surface area (Å²) in [5, 5.41) is 3.90. The zero-order valence-corrected chi connectivity index (χ0v) is 20.2. The number of morpholine rings is 1. The quantitative estimate of drug-likeness (QED) is 0.663. The van der Waals surface area contributed by atoms with Gasteiger partial charge < -0.3 is 15.0 Å². The smallest absolute Gasteiger partial charge is 0.256 e. The van der Waals surface area contributed by atoms with E-state index >= 15 is 0 Å². The van der Waals surface area contributed by atoms with E-state index in [1.54, 1.807) is 23.1 Å². The fraction of sp³-hybridized carbons (Fsp3) is 0.440. The van der Waals surface area contributed by atoms with Crippen molar-refractivity contribution < 1.29 is 14.3 Å². The molecule has 0 bridgehead atoms. The van der Waals surface area contributed by atoms with E-state index in [4.69, 9.17) is 27.9 Å². The van der Waals surface area contributed by atoms with E-state index < -0.39 is 6.04 Å². The van der Waals surface area contributed by atoms with Crippen LogP contribution in [-0.4, -0.2) is 67.0 Å². The molecule has 176 valence electrons. The summed E-state index contributed by atoms with van der Waals surface area (Å²) in [6.07, 6.45) is 1.40. The summed E-state index contributed by atoms with van der Waals surface area (Å²) >= 11 is 12.3. The first kappa shape index (κ1) is 24.0. The van der Waals surface area contributed by atoms with Crippen molar-refractivity contribution in [3.05, 3.63) is 69.2 Å². The number of hydrogen-bond acceptors (Lipinski definition) is 4. The molecule has 2 amide bonds. The van der Waals surface area contributed by atoms with Crippen LogP contribution < -0.4 is 5.32 Å². The second kappa shape index (κ2) is 10.9. The van der Waals surface area contributed by atoms with Crippen LogP contribution >= 0.6 is 23.2 Å². The van der Waals surface area contributed by atoms with E-state index in [1.165, 1.54) is 11.1 Å². The van der Waals surface area contributed by atoms with Crippen LogP contribution in [0.2, 0.25) is 10.0 Å². The van der Waals surface area contributed by atoms with Crippen molar-refractivity contribution in [3.63, 3.8) is 0 Å². The van der Waals surface area contributed by atoms with E-state index in [2.05, 4.69) is 35.3 Å². The summed E-state index contributed by atoms with van der Waals surface area (Å²) < 4.78 is 5.52. The van der Waals surface area contributed by atoms with Gasteiger partial charge in [-0.2, -0.15) is 0 Å². The van der Waals surface area contributed by atoms with Crippen LogP contribution in [0.3, 0.4) is 0 Å². The Labute approximate surface area is 204 Å². The molecule has 2 aliphatic rings. The number of carbonyl (C=O) groups excluding carboxylic acids is 2. The third kappa shape index (κ3) is 5.69. The highest BCUT2D eigenvalue weighted by molar-refractivity contribution is 6.35. The zero-order chi connectivity index (χ0) is 23.4. The summed E-state index contributed by atoms with van der Waals surface area (Å²) in [7, 11) is 0. The monoisotopic (exact) mass is 489 g/mol. The zero-order valence-electron chi connectivity index (χ0n) is 18.7. The molecular formula is C25H29Cl2N3O3. The molecule has 0 aliphatic carbocycles. The second-order valence-electron chi connectivity index (χ2n) is 8.60. The maximum absolute atomic E-state index is 13.2. The number of rotatable bonds is 6. The second-order valence-corrected chi connectivity index (χ2v) is 9.45. The van der Waals surface area contributed by atoms with Crippen molar-refractivity contribution in [2.24, 2.45) is 0 Å². The van der Waals surface area contributed by atoms with Crippen molar-refractivity contribution in [1.82, 2.24) is 15.1 Å². The summed E-state index contributed by atoms with van der Waals surface area (Å²) in [4.78, 5) is 30.3. The number of aryl methyl sites for hydroxylation is 1. The maximum Gasteiger partial charge on any atom is 0.256 e. The highest BCUT2D eigenvalue weighted by atomic mass is 35.5. The van der Waals surface area contributed by atoms with Crippen molar-refractivity contribution in [2.45, 2.75) is 31.8 Å². The number of likely N-dealkylation sites (tertiary alicyclic amines) is 1. The van der Waals surface area contributed by atoms with Crippen molar-refractivity contribution in [3.8, 4) is 0 Å². The standard InChI is InChI=1S/C25H29Cl2N3O3/c1-17-4-2-5-18(14-17)23(29-10-12-33-13-11-29)16-28-24(31)22-6-3-9-30(22)25(32)20-15-19(26)7-8-21(20)27/h2,4-5,7-8,14-15,22-23H,3,6,9-13,16H2,1H3,(H,28,31). The van der Waals surface area contributed by atoms with E-state index in [1.807, 2.05) is 6.07 Å². The van der Waals surface area contributed by atoms with Crippen LogP contribution in [0.15, 0.2) is 42.5 Å². The number of ether oxygens (including phenoxy) is 1. The van der Waals surface area contributed by atoms with E-state index in [-0.39, 0.29) is 17.9 Å². The van der Waals surface area contributed by atoms with Crippen LogP contribution in [0, 0.1) is 6.92 Å². The lowest BCUT2D eigenvalue weighted by Gasteiger charge is -2.35. The molecule has 2 aromatic rings. The van der Waals surface area contributed by atoms with Gasteiger partial charge in [0.05, 0.1) is 29.8 Å². The number of benzene rings is 2. The van der Waals surface area contributed by atoms with Gasteiger partial charge in [0.25, 0.3) is 5.91 Å². The first-order valence-corrected chi connectivity index (χ1v) is 12.1. The molecule has 0 spiro atoms. The van der Waals surface area contributed by atoms with Crippen LogP contribution in [0.5, 0.6) is 0 Å². The Morgan fingerprint density at radius 2 is 1.91 bits per heavy atom. The molecule has 0 saturated carbocycles. The van der Waals surface area contributed by atoms with Crippen LogP contribution in [0.4, 0.5) is 0 Å². The van der Waals surface area contributed by atoms with Crippen molar-refractivity contribution >= 4 is 35.0 Å². The molecule has 8 heteroatoms. The normalized spacial score (nSPS) is 20.0. The first-order chi connectivity index (χ1) is 15.9. The predicted octanol–water partition coefficient (Wildman–Crippen LogP) is 4.10. The molecule has 4 rings (SSSR count). The fourth-order valence-corrected chi connectivity index (χ4v) is 5.01. The van der Waals surface area contributed by atoms with Crippen LogP contribution in [0.1, 0.15) is 40.4 Å². The summed E-state index contributed by atoms with van der Waals surface area (Å²) in [6, 6.07) is 12.7. The molecule has 2 aromatic carbocycles. The largest absolute Gasteiger partial charge is 0.379 e. The van der Waals surface area contributed by atoms with E-state index in [0.29, 0.717) is 48.3 Å². The number of hydrogen-bond donors (Lipinski definition) is 1. The molecule has 6 nitrogen and oxygen atoms in total. The molecule has 2 heterocycles. The Morgan fingerprint density at radius 1 is 1.12 bits per heavy atom. The Hall–Kier alpha value is -2.12. The number of halogens is 2. The van der Waals surface area contributed by atoms with Gasteiger partial charge in [-0.15, -0.1) is 0 Å². The molecule has 2 aliphatic heterocycles. The molecular weight excluding hydrogens is 461 g/mol. The van der Waals surface area contributed by atoms with Gasteiger partial charge in [-0.25, -0.2) is 0 Å². The van der Waals surface area contributed by atoms with Gasteiger partial charge in [-0.3, -0.25) is 14.5 Å². The van der Waals surface area contributed by atoms with Gasteiger partial charge in [-0.1, -0.05) is 53.0 Å². The summed E-state index contributed by atoms with van der Waals surface area (Å²) in [5.74, 6) is -0.395. The fourth-order valence-electron chi connectivity index (χ4n) is 4.64. The Bertz CT molecular complexity index is 1010. The molecule has 2 fully saturated rings. The molecule has 33 heavy (non-hydrogen) atoms. The average Bonchev–Trinajstić information content (AvgIpc) is 3.31.